The van der Waals surface area contributed by atoms with Crippen LogP contribution in [0.3, 0.4) is 0 Å². The second-order valence-corrected chi connectivity index (χ2v) is 10.2. The molecular weight excluding hydrogens is 474 g/mol. The monoisotopic (exact) mass is 505 g/mol. The smallest absolute Gasteiger partial charge is 0.225 e. The molecular formula is C27H31N5O3S. The molecule has 1 atom stereocenters. The van der Waals surface area contributed by atoms with Crippen molar-refractivity contribution in [2.45, 2.75) is 59.0 Å². The Balaban J connectivity index is 1.38. The van der Waals surface area contributed by atoms with E-state index in [-0.39, 0.29) is 17.7 Å². The lowest BCUT2D eigenvalue weighted by Gasteiger charge is -2.27. The Morgan fingerprint density at radius 3 is 2.92 bits per heavy atom. The van der Waals surface area contributed by atoms with Crippen LogP contribution in [0, 0.1) is 18.3 Å². The summed E-state index contributed by atoms with van der Waals surface area (Å²) in [7, 11) is 0. The number of anilines is 1. The minimum Gasteiger partial charge on any atom is -0.494 e. The topological polar surface area (TPSA) is 100 Å². The molecule has 0 fully saturated rings. The van der Waals surface area contributed by atoms with Gasteiger partial charge < -0.3 is 19.5 Å². The number of aromatic nitrogens is 2. The number of carbonyl (C=O) groups excluding carboxylic acids is 2. The molecule has 9 heteroatoms. The zero-order valence-corrected chi connectivity index (χ0v) is 21.7. The molecule has 0 aliphatic carbocycles. The maximum atomic E-state index is 12.9. The highest BCUT2D eigenvalue weighted by molar-refractivity contribution is 7.16. The summed E-state index contributed by atoms with van der Waals surface area (Å²) in [4.78, 5) is 32.7. The fraction of sp³-hybridized carbons (Fsp3) is 0.407. The van der Waals surface area contributed by atoms with Crippen molar-refractivity contribution in [3.8, 4) is 11.8 Å². The number of hydrogen-bond donors (Lipinski definition) is 1. The Morgan fingerprint density at radius 1 is 1.36 bits per heavy atom. The van der Waals surface area contributed by atoms with Crippen molar-refractivity contribution in [1.29, 1.82) is 5.26 Å². The number of thiophene rings is 1. The molecule has 0 spiro atoms. The van der Waals surface area contributed by atoms with Gasteiger partial charge in [-0.1, -0.05) is 19.1 Å². The predicted molar refractivity (Wildman–Crippen MR) is 139 cm³/mol. The maximum Gasteiger partial charge on any atom is 0.225 e. The molecule has 2 aromatic heterocycles. The van der Waals surface area contributed by atoms with Gasteiger partial charge in [0.1, 0.15) is 16.8 Å². The number of carbonyl (C=O) groups is 2. The number of amides is 2. The molecule has 1 N–H and O–H groups in total. The van der Waals surface area contributed by atoms with Crippen LogP contribution >= 0.6 is 11.3 Å². The van der Waals surface area contributed by atoms with E-state index in [1.165, 1.54) is 11.3 Å². The van der Waals surface area contributed by atoms with Gasteiger partial charge in [0.2, 0.25) is 11.8 Å². The lowest BCUT2D eigenvalue weighted by atomic mass is 9.97. The zero-order valence-electron chi connectivity index (χ0n) is 20.9. The van der Waals surface area contributed by atoms with Crippen LogP contribution in [0.1, 0.15) is 59.9 Å². The molecule has 188 valence electrons. The van der Waals surface area contributed by atoms with Crippen molar-refractivity contribution in [1.82, 2.24) is 14.5 Å². The minimum absolute atomic E-state index is 0.00192. The largest absolute Gasteiger partial charge is 0.494 e. The van der Waals surface area contributed by atoms with Gasteiger partial charge in [0.05, 0.1) is 30.7 Å². The highest BCUT2D eigenvalue weighted by Crippen LogP contribution is 2.37. The van der Waals surface area contributed by atoms with Gasteiger partial charge in [0, 0.05) is 37.0 Å². The number of benzene rings is 1. The number of imidazole rings is 1. The molecule has 1 aliphatic heterocycles. The Bertz CT molecular complexity index is 1290. The molecule has 3 aromatic rings. The van der Waals surface area contributed by atoms with Gasteiger partial charge in [-0.15, -0.1) is 11.3 Å². The molecule has 4 rings (SSSR count). The van der Waals surface area contributed by atoms with E-state index in [2.05, 4.69) is 16.4 Å². The van der Waals surface area contributed by atoms with Crippen molar-refractivity contribution in [3.63, 3.8) is 0 Å². The van der Waals surface area contributed by atoms with E-state index in [1.54, 1.807) is 6.33 Å². The number of rotatable bonds is 9. The first-order valence-electron chi connectivity index (χ1n) is 12.2. The van der Waals surface area contributed by atoms with Gasteiger partial charge in [-0.2, -0.15) is 5.26 Å². The fourth-order valence-electron chi connectivity index (χ4n) is 4.45. The average molecular weight is 506 g/mol. The molecule has 0 radical (unpaired) electrons. The Morgan fingerprint density at radius 2 is 2.19 bits per heavy atom. The molecule has 36 heavy (non-hydrogen) atoms. The summed E-state index contributed by atoms with van der Waals surface area (Å²) in [6, 6.07) is 10.1. The van der Waals surface area contributed by atoms with Crippen LogP contribution in [0.4, 0.5) is 5.00 Å². The highest BCUT2D eigenvalue weighted by atomic mass is 32.1. The van der Waals surface area contributed by atoms with E-state index >= 15 is 0 Å². The first kappa shape index (κ1) is 25.5. The third kappa shape index (κ3) is 5.94. The van der Waals surface area contributed by atoms with Gasteiger partial charge in [-0.25, -0.2) is 4.98 Å². The van der Waals surface area contributed by atoms with E-state index in [0.29, 0.717) is 56.1 Å². The molecule has 3 heterocycles. The number of nitrogens with zero attached hydrogens (tertiary/aromatic N) is 4. The van der Waals surface area contributed by atoms with Crippen molar-refractivity contribution in [2.24, 2.45) is 0 Å². The summed E-state index contributed by atoms with van der Waals surface area (Å²) >= 11 is 1.40. The van der Waals surface area contributed by atoms with E-state index in [0.717, 1.165) is 27.4 Å². The van der Waals surface area contributed by atoms with Crippen molar-refractivity contribution >= 4 is 28.2 Å². The summed E-state index contributed by atoms with van der Waals surface area (Å²) < 4.78 is 7.49. The van der Waals surface area contributed by atoms with E-state index in [4.69, 9.17) is 4.74 Å². The molecule has 2 amide bonds. The van der Waals surface area contributed by atoms with Crippen LogP contribution < -0.4 is 10.1 Å². The number of nitriles is 1. The van der Waals surface area contributed by atoms with E-state index in [1.807, 2.05) is 60.7 Å². The standard InChI is InChI=1S/C27H31N5O3S/c1-4-35-21-7-5-6-20(13-21)18(2)12-25(33)30-27-23(14-28)22-8-11-32(16-24(22)36-27)26(34)9-10-31-15-19(3)29-17-31/h5-7,13,15,17-18H,4,8-12,16H2,1-3H3,(H,30,33). The second kappa shape index (κ2) is 11.4. The van der Waals surface area contributed by atoms with Crippen molar-refractivity contribution in [2.75, 3.05) is 18.5 Å². The number of aryl methyl sites for hydroxylation is 2. The van der Waals surface area contributed by atoms with Crippen molar-refractivity contribution < 1.29 is 14.3 Å². The Kier molecular flexibility index (Phi) is 8.06. The van der Waals surface area contributed by atoms with Crippen LogP contribution in [0.5, 0.6) is 5.75 Å². The Hall–Kier alpha value is -3.64. The maximum absolute atomic E-state index is 12.9. The lowest BCUT2D eigenvalue weighted by molar-refractivity contribution is -0.132. The zero-order chi connectivity index (χ0) is 25.7. The molecule has 1 unspecified atom stereocenters. The average Bonchev–Trinajstić information content (AvgIpc) is 3.44. The van der Waals surface area contributed by atoms with Crippen LogP contribution in [0.15, 0.2) is 36.8 Å². The molecule has 1 aliphatic rings. The molecule has 0 bridgehead atoms. The SMILES string of the molecule is CCOc1cccc(C(C)CC(=O)Nc2sc3c(c2C#N)CCN(C(=O)CCn2cnc(C)c2)C3)c1. The summed E-state index contributed by atoms with van der Waals surface area (Å²) in [6.07, 6.45) is 4.96. The number of hydrogen-bond acceptors (Lipinski definition) is 6. The first-order chi connectivity index (χ1) is 17.4. The summed E-state index contributed by atoms with van der Waals surface area (Å²) in [5, 5.41) is 13.3. The molecule has 0 saturated heterocycles. The number of ether oxygens (including phenoxy) is 1. The molecule has 0 saturated carbocycles. The Labute approximate surface area is 215 Å². The van der Waals surface area contributed by atoms with Gasteiger partial charge in [0.25, 0.3) is 0 Å². The molecule has 1 aromatic carbocycles. The summed E-state index contributed by atoms with van der Waals surface area (Å²) in [5.74, 6) is 0.729. The second-order valence-electron chi connectivity index (χ2n) is 9.05. The molecule has 8 nitrogen and oxygen atoms in total. The normalized spacial score (nSPS) is 13.6. The summed E-state index contributed by atoms with van der Waals surface area (Å²) in [6.45, 7) is 8.08. The quantitative estimate of drug-likeness (QED) is 0.457. The number of nitrogens with one attached hydrogen (secondary N) is 1. The van der Waals surface area contributed by atoms with Crippen molar-refractivity contribution in [3.05, 3.63) is 64.1 Å². The van der Waals surface area contributed by atoms with Crippen LogP contribution in [-0.4, -0.2) is 39.4 Å². The predicted octanol–water partition coefficient (Wildman–Crippen LogP) is 4.63. The van der Waals surface area contributed by atoms with Gasteiger partial charge >= 0.3 is 0 Å². The van der Waals surface area contributed by atoms with E-state index < -0.39 is 0 Å². The third-order valence-electron chi connectivity index (χ3n) is 6.35. The lowest BCUT2D eigenvalue weighted by Crippen LogP contribution is -2.35. The minimum atomic E-state index is -0.136. The van der Waals surface area contributed by atoms with E-state index in [9.17, 15) is 14.9 Å². The van der Waals surface area contributed by atoms with Gasteiger partial charge in [-0.3, -0.25) is 9.59 Å². The summed E-state index contributed by atoms with van der Waals surface area (Å²) in [5.41, 5.74) is 3.43. The van der Waals surface area contributed by atoms with Crippen LogP contribution in [0.2, 0.25) is 0 Å². The van der Waals surface area contributed by atoms with Crippen LogP contribution in [-0.2, 0) is 29.1 Å². The first-order valence-corrected chi connectivity index (χ1v) is 13.0. The number of fused-ring (bicyclic) bond motifs is 1. The van der Waals surface area contributed by atoms with Crippen LogP contribution in [0.25, 0.3) is 0 Å². The highest BCUT2D eigenvalue weighted by Gasteiger charge is 2.27. The van der Waals surface area contributed by atoms with Gasteiger partial charge in [0.15, 0.2) is 0 Å². The third-order valence-corrected chi connectivity index (χ3v) is 7.48. The fourth-order valence-corrected chi connectivity index (χ4v) is 5.68. The van der Waals surface area contributed by atoms with Gasteiger partial charge in [-0.05, 0) is 49.4 Å².